The number of aromatic nitrogens is 1. The van der Waals surface area contributed by atoms with Crippen LogP contribution in [-0.2, 0) is 0 Å². The zero-order chi connectivity index (χ0) is 23.5. The van der Waals surface area contributed by atoms with Gasteiger partial charge in [0.1, 0.15) is 28.5 Å². The number of nitrogens with zero attached hydrogens (tertiary/aromatic N) is 1. The summed E-state index contributed by atoms with van der Waals surface area (Å²) in [6, 6.07) is 8.79. The first-order valence-electron chi connectivity index (χ1n) is 8.68. The van der Waals surface area contributed by atoms with Crippen molar-refractivity contribution in [2.45, 2.75) is 6.18 Å². The number of hydrogen-bond acceptors (Lipinski definition) is 4. The number of carbonyl (C=O) groups is 1. The summed E-state index contributed by atoms with van der Waals surface area (Å²) >= 11 is 11.7. The van der Waals surface area contributed by atoms with Crippen molar-refractivity contribution in [1.82, 2.24) is 0 Å². The van der Waals surface area contributed by atoms with Gasteiger partial charge in [-0.25, -0.2) is 4.39 Å². The Balaban J connectivity index is 1.87. The number of alkyl halides is 3. The molecule has 0 saturated carbocycles. The van der Waals surface area contributed by atoms with Crippen LogP contribution in [0.25, 0.3) is 0 Å². The van der Waals surface area contributed by atoms with Crippen molar-refractivity contribution in [3.63, 3.8) is 0 Å². The number of rotatable bonds is 6. The van der Waals surface area contributed by atoms with Crippen LogP contribution in [0.3, 0.4) is 0 Å². The van der Waals surface area contributed by atoms with E-state index in [4.69, 9.17) is 27.9 Å². The van der Waals surface area contributed by atoms with E-state index in [-0.39, 0.29) is 28.0 Å². The lowest BCUT2D eigenvalue weighted by atomic mass is 10.1. The van der Waals surface area contributed by atoms with Gasteiger partial charge in [0.25, 0.3) is 5.91 Å². The van der Waals surface area contributed by atoms with Crippen LogP contribution in [0.2, 0.25) is 10.0 Å². The third-order valence-corrected chi connectivity index (χ3v) is 4.60. The summed E-state index contributed by atoms with van der Waals surface area (Å²) in [6.45, 7) is -1.47. The van der Waals surface area contributed by atoms with Gasteiger partial charge >= 0.3 is 6.18 Å². The number of nitrogens with one attached hydrogen (secondary N) is 1. The molecule has 32 heavy (non-hydrogen) atoms. The third kappa shape index (κ3) is 5.92. The van der Waals surface area contributed by atoms with Gasteiger partial charge in [-0.05, 0) is 30.3 Å². The minimum atomic E-state index is -4.50. The van der Waals surface area contributed by atoms with Gasteiger partial charge in [0.05, 0.1) is 10.0 Å². The van der Waals surface area contributed by atoms with Gasteiger partial charge in [-0.15, -0.1) is 0 Å². The number of anilines is 1. The van der Waals surface area contributed by atoms with Crippen molar-refractivity contribution >= 4 is 34.8 Å². The molecule has 1 heterocycles. The second-order valence-electron chi connectivity index (χ2n) is 6.24. The molecule has 0 aliphatic carbocycles. The number of hydrogen-bond donors (Lipinski definition) is 1. The number of halogens is 6. The molecule has 1 amide bonds. The summed E-state index contributed by atoms with van der Waals surface area (Å²) in [5.74, 6) is -2.49. The van der Waals surface area contributed by atoms with E-state index in [2.05, 4.69) is 10.1 Å². The normalized spacial score (nSPS) is 11.2. The molecular formula is C20H12Cl2F4N2O4. The van der Waals surface area contributed by atoms with E-state index < -0.39 is 35.1 Å². The highest BCUT2D eigenvalue weighted by Crippen LogP contribution is 2.37. The van der Waals surface area contributed by atoms with E-state index in [0.29, 0.717) is 4.73 Å². The van der Waals surface area contributed by atoms with Crippen LogP contribution in [0, 0.1) is 11.0 Å². The van der Waals surface area contributed by atoms with Crippen molar-refractivity contribution in [2.75, 3.05) is 11.9 Å². The molecule has 0 fully saturated rings. The molecule has 6 nitrogen and oxygen atoms in total. The molecule has 3 rings (SSSR count). The van der Waals surface area contributed by atoms with E-state index >= 15 is 0 Å². The maximum atomic E-state index is 14.8. The summed E-state index contributed by atoms with van der Waals surface area (Å²) in [5, 5.41) is 13.0. The van der Waals surface area contributed by atoms with Crippen LogP contribution < -0.4 is 19.5 Å². The average Bonchev–Trinajstić information content (AvgIpc) is 2.71. The second kappa shape index (κ2) is 9.49. The van der Waals surface area contributed by atoms with Crippen LogP contribution in [0.4, 0.5) is 23.2 Å². The van der Waals surface area contributed by atoms with Gasteiger partial charge in [0.15, 0.2) is 18.6 Å². The molecular weight excluding hydrogens is 479 g/mol. The Bertz CT molecular complexity index is 1140. The first kappa shape index (κ1) is 23.4. The highest BCUT2D eigenvalue weighted by molar-refractivity contribution is 6.42. The number of pyridine rings is 1. The van der Waals surface area contributed by atoms with Crippen molar-refractivity contribution in [3.05, 3.63) is 81.5 Å². The maximum Gasteiger partial charge on any atom is 0.422 e. The predicted octanol–water partition coefficient (Wildman–Crippen LogP) is 5.75. The van der Waals surface area contributed by atoms with Gasteiger partial charge < -0.3 is 20.0 Å². The molecule has 0 bridgehead atoms. The monoisotopic (exact) mass is 490 g/mol. The molecule has 0 aliphatic rings. The molecule has 0 unspecified atom stereocenters. The minimum absolute atomic E-state index is 0.0494. The first-order chi connectivity index (χ1) is 15.0. The summed E-state index contributed by atoms with van der Waals surface area (Å²) in [5.41, 5.74) is -0.520. The summed E-state index contributed by atoms with van der Waals surface area (Å²) in [6.07, 6.45) is -2.27. The lowest BCUT2D eigenvalue weighted by Gasteiger charge is -2.14. The van der Waals surface area contributed by atoms with Crippen LogP contribution in [-0.4, -0.2) is 18.7 Å². The average molecular weight is 491 g/mol. The smallest absolute Gasteiger partial charge is 0.422 e. The van der Waals surface area contributed by atoms with E-state index in [1.54, 1.807) is 0 Å². The van der Waals surface area contributed by atoms with Gasteiger partial charge in [-0.2, -0.15) is 17.9 Å². The molecule has 0 aliphatic heterocycles. The Morgan fingerprint density at radius 2 is 1.78 bits per heavy atom. The zero-order valence-electron chi connectivity index (χ0n) is 15.8. The van der Waals surface area contributed by atoms with Gasteiger partial charge in [0, 0.05) is 12.1 Å². The quantitative estimate of drug-likeness (QED) is 0.206. The Morgan fingerprint density at radius 1 is 1.12 bits per heavy atom. The van der Waals surface area contributed by atoms with Gasteiger partial charge in [-0.1, -0.05) is 23.2 Å². The molecule has 12 heteroatoms. The fourth-order valence-electron chi connectivity index (χ4n) is 2.48. The molecule has 168 valence electrons. The highest BCUT2D eigenvalue weighted by atomic mass is 35.5. The molecule has 3 aromatic rings. The Labute approximate surface area is 188 Å². The molecule has 0 saturated heterocycles. The van der Waals surface area contributed by atoms with Crippen molar-refractivity contribution in [1.29, 1.82) is 0 Å². The predicted molar refractivity (Wildman–Crippen MR) is 108 cm³/mol. The van der Waals surface area contributed by atoms with Crippen LogP contribution in [0.5, 0.6) is 17.2 Å². The van der Waals surface area contributed by atoms with Crippen LogP contribution >= 0.6 is 23.2 Å². The van der Waals surface area contributed by atoms with Crippen molar-refractivity contribution < 1.29 is 36.6 Å². The fourth-order valence-corrected chi connectivity index (χ4v) is 2.81. The largest absolute Gasteiger partial charge is 0.619 e. The SMILES string of the molecule is O=C(Nc1ccc[n+]([O-])c1)c1c(Oc2ccc(OCC(F)(F)F)cc2)cc(Cl)c(Cl)c1F. The van der Waals surface area contributed by atoms with E-state index in [1.807, 2.05) is 0 Å². The standard InChI is InChI=1S/C20H12Cl2F4N2O4/c21-14-8-15(32-13-5-3-12(4-6-13)31-10-20(24,25)26)16(18(23)17(14)22)19(29)27-11-2-1-7-28(30)9-11/h1-9H,10H2,(H,27,29). The summed E-state index contributed by atoms with van der Waals surface area (Å²) in [7, 11) is 0. The number of benzene rings is 2. The Kier molecular flexibility index (Phi) is 6.95. The number of ether oxygens (including phenoxy) is 2. The highest BCUT2D eigenvalue weighted by Gasteiger charge is 2.28. The number of carbonyl (C=O) groups excluding carboxylic acids is 1. The third-order valence-electron chi connectivity index (χ3n) is 3.84. The Hall–Kier alpha value is -3.24. The molecule has 0 spiro atoms. The van der Waals surface area contributed by atoms with Gasteiger partial charge in [0.2, 0.25) is 6.20 Å². The summed E-state index contributed by atoms with van der Waals surface area (Å²) < 4.78 is 62.1. The Morgan fingerprint density at radius 3 is 2.41 bits per heavy atom. The van der Waals surface area contributed by atoms with Gasteiger partial charge in [-0.3, -0.25) is 4.79 Å². The zero-order valence-corrected chi connectivity index (χ0v) is 17.3. The maximum absolute atomic E-state index is 14.8. The van der Waals surface area contributed by atoms with Crippen LogP contribution in [0.15, 0.2) is 54.9 Å². The molecule has 0 radical (unpaired) electrons. The van der Waals surface area contributed by atoms with Crippen LogP contribution in [0.1, 0.15) is 10.4 Å². The second-order valence-corrected chi connectivity index (χ2v) is 7.03. The summed E-state index contributed by atoms with van der Waals surface area (Å²) in [4.78, 5) is 12.7. The molecule has 1 N–H and O–H groups in total. The topological polar surface area (TPSA) is 74.5 Å². The lowest BCUT2D eigenvalue weighted by molar-refractivity contribution is -0.604. The minimum Gasteiger partial charge on any atom is -0.619 e. The number of amides is 1. The first-order valence-corrected chi connectivity index (χ1v) is 9.44. The molecule has 2 aromatic carbocycles. The van der Waals surface area contributed by atoms with Crippen molar-refractivity contribution in [3.8, 4) is 17.2 Å². The van der Waals surface area contributed by atoms with E-state index in [9.17, 15) is 27.6 Å². The van der Waals surface area contributed by atoms with E-state index in [1.165, 1.54) is 42.6 Å². The molecule has 1 aromatic heterocycles. The lowest BCUT2D eigenvalue weighted by Crippen LogP contribution is -2.26. The van der Waals surface area contributed by atoms with E-state index in [0.717, 1.165) is 12.3 Å². The van der Waals surface area contributed by atoms with Crippen molar-refractivity contribution in [2.24, 2.45) is 0 Å². The molecule has 0 atom stereocenters. The fraction of sp³-hybridized carbons (Fsp3) is 0.100.